The molecular weight excluding hydrogens is 484 g/mol. The van der Waals surface area contributed by atoms with Crippen molar-refractivity contribution >= 4 is 16.9 Å². The maximum absolute atomic E-state index is 13.2. The molecule has 1 heterocycles. The van der Waals surface area contributed by atoms with Crippen LogP contribution in [0.25, 0.3) is 22.3 Å². The van der Waals surface area contributed by atoms with Crippen LogP contribution in [0.4, 0.5) is 0 Å². The van der Waals surface area contributed by atoms with Crippen molar-refractivity contribution in [1.29, 1.82) is 0 Å². The Balaban J connectivity index is 2.25. The van der Waals surface area contributed by atoms with Crippen LogP contribution in [0.15, 0.2) is 58.8 Å². The lowest BCUT2D eigenvalue weighted by Gasteiger charge is -2.18. The van der Waals surface area contributed by atoms with Gasteiger partial charge in [-0.25, -0.2) is 4.79 Å². The van der Waals surface area contributed by atoms with Gasteiger partial charge in [0.2, 0.25) is 0 Å². The van der Waals surface area contributed by atoms with Crippen molar-refractivity contribution in [3.63, 3.8) is 0 Å². The minimum absolute atomic E-state index is 0.00896. The topological polar surface area (TPSA) is 156 Å². The Morgan fingerprint density at radius 1 is 1.11 bits per heavy atom. The second kappa shape index (κ2) is 12.1. The molecule has 1 aromatic heterocycles. The standard InChI is InChI=1S/C27H28O10/c1-4-6-17-16(8-9-20(34-3)27(17)36-14-24(31)32)22-10-19(30)25-23(37-22)11-21(35-13-15(29)12-28)18(7-5-2)26(25)33/h4-5,8-11,15,28-29,33H,1-2,6-7,12-14H2,3H3,(H,31,32). The van der Waals surface area contributed by atoms with Crippen molar-refractivity contribution in [1.82, 2.24) is 0 Å². The molecular formula is C27H28O10. The molecule has 1 atom stereocenters. The van der Waals surface area contributed by atoms with Crippen LogP contribution in [-0.4, -0.2) is 59.4 Å². The van der Waals surface area contributed by atoms with Gasteiger partial charge in [0.05, 0.1) is 13.7 Å². The molecule has 0 aliphatic heterocycles. The first-order valence-corrected chi connectivity index (χ1v) is 11.3. The zero-order chi connectivity index (χ0) is 27.1. The van der Waals surface area contributed by atoms with E-state index in [-0.39, 0.29) is 64.7 Å². The number of carbonyl (C=O) groups is 1. The highest BCUT2D eigenvalue weighted by Gasteiger charge is 2.22. The average molecular weight is 513 g/mol. The Bertz CT molecular complexity index is 1370. The Labute approximate surface area is 212 Å². The van der Waals surface area contributed by atoms with Gasteiger partial charge in [-0.15, -0.1) is 13.2 Å². The van der Waals surface area contributed by atoms with Crippen molar-refractivity contribution in [2.75, 3.05) is 26.9 Å². The average Bonchev–Trinajstić information content (AvgIpc) is 2.87. The van der Waals surface area contributed by atoms with Gasteiger partial charge in [-0.05, 0) is 25.0 Å². The summed E-state index contributed by atoms with van der Waals surface area (Å²) in [6.07, 6.45) is 2.35. The molecule has 0 amide bonds. The molecule has 0 spiro atoms. The third-order valence-electron chi connectivity index (χ3n) is 5.45. The van der Waals surface area contributed by atoms with Crippen LogP contribution in [0.2, 0.25) is 0 Å². The van der Waals surface area contributed by atoms with Gasteiger partial charge in [0.1, 0.15) is 40.9 Å². The molecule has 0 aliphatic rings. The summed E-state index contributed by atoms with van der Waals surface area (Å²) in [5, 5.41) is 38.7. The minimum atomic E-state index is -1.18. The number of hydrogen-bond acceptors (Lipinski definition) is 9. The summed E-state index contributed by atoms with van der Waals surface area (Å²) in [5.41, 5.74) is 0.652. The normalized spacial score (nSPS) is 11.6. The molecule has 0 saturated heterocycles. The number of fused-ring (bicyclic) bond motifs is 1. The highest BCUT2D eigenvalue weighted by atomic mass is 16.5. The lowest BCUT2D eigenvalue weighted by molar-refractivity contribution is -0.139. The first-order valence-electron chi connectivity index (χ1n) is 11.3. The van der Waals surface area contributed by atoms with Crippen LogP contribution in [0.3, 0.4) is 0 Å². The molecule has 2 aromatic carbocycles. The molecule has 4 N–H and O–H groups in total. The van der Waals surface area contributed by atoms with E-state index in [0.29, 0.717) is 11.1 Å². The third-order valence-corrected chi connectivity index (χ3v) is 5.45. The monoisotopic (exact) mass is 512 g/mol. The minimum Gasteiger partial charge on any atom is -0.507 e. The Hall–Kier alpha value is -4.28. The van der Waals surface area contributed by atoms with Gasteiger partial charge in [0.15, 0.2) is 23.5 Å². The number of aliphatic hydroxyl groups excluding tert-OH is 2. The summed E-state index contributed by atoms with van der Waals surface area (Å²) in [4.78, 5) is 24.3. The zero-order valence-electron chi connectivity index (χ0n) is 20.2. The number of phenolic OH excluding ortho intramolecular Hbond substituents is 1. The van der Waals surface area contributed by atoms with Gasteiger partial charge in [-0.1, -0.05) is 12.2 Å². The van der Waals surface area contributed by atoms with E-state index in [1.807, 2.05) is 0 Å². The predicted octanol–water partition coefficient (Wildman–Crippen LogP) is 2.83. The van der Waals surface area contributed by atoms with Gasteiger partial charge in [-0.3, -0.25) is 4.79 Å². The third kappa shape index (κ3) is 5.93. The molecule has 0 aliphatic carbocycles. The lowest BCUT2D eigenvalue weighted by Crippen LogP contribution is -2.21. The van der Waals surface area contributed by atoms with Crippen LogP contribution >= 0.6 is 0 Å². The van der Waals surface area contributed by atoms with Crippen LogP contribution in [-0.2, 0) is 17.6 Å². The zero-order valence-corrected chi connectivity index (χ0v) is 20.2. The number of benzene rings is 2. The number of methoxy groups -OCH3 is 1. The Kier molecular flexibility index (Phi) is 8.94. The lowest BCUT2D eigenvalue weighted by atomic mass is 9.99. The number of aliphatic carboxylic acids is 1. The summed E-state index contributed by atoms with van der Waals surface area (Å²) in [7, 11) is 1.41. The smallest absolute Gasteiger partial charge is 0.341 e. The van der Waals surface area contributed by atoms with Gasteiger partial charge in [-0.2, -0.15) is 0 Å². The fourth-order valence-corrected chi connectivity index (χ4v) is 3.80. The SMILES string of the molecule is C=CCc1c(-c2cc(=O)c3c(O)c(CC=C)c(OCC(O)CO)cc3o2)ccc(OC)c1OCC(=O)O. The van der Waals surface area contributed by atoms with Crippen LogP contribution in [0.1, 0.15) is 11.1 Å². The molecule has 0 fully saturated rings. The number of rotatable bonds is 13. The summed E-state index contributed by atoms with van der Waals surface area (Å²) in [6, 6.07) is 5.82. The molecule has 10 nitrogen and oxygen atoms in total. The molecule has 3 rings (SSSR count). The van der Waals surface area contributed by atoms with E-state index in [4.69, 9.17) is 28.8 Å². The van der Waals surface area contributed by atoms with E-state index in [1.165, 1.54) is 25.3 Å². The van der Waals surface area contributed by atoms with Gasteiger partial charge >= 0.3 is 5.97 Å². The summed E-state index contributed by atoms with van der Waals surface area (Å²) >= 11 is 0. The fourth-order valence-electron chi connectivity index (χ4n) is 3.80. The van der Waals surface area contributed by atoms with Crippen LogP contribution in [0, 0.1) is 0 Å². The van der Waals surface area contributed by atoms with Crippen LogP contribution in [0.5, 0.6) is 23.0 Å². The van der Waals surface area contributed by atoms with Gasteiger partial charge in [0.25, 0.3) is 0 Å². The summed E-state index contributed by atoms with van der Waals surface area (Å²) in [5.74, 6) is -0.818. The van der Waals surface area contributed by atoms with Crippen molar-refractivity contribution < 1.29 is 43.8 Å². The molecule has 1 unspecified atom stereocenters. The van der Waals surface area contributed by atoms with Crippen molar-refractivity contribution in [2.45, 2.75) is 18.9 Å². The first kappa shape index (κ1) is 27.3. The maximum atomic E-state index is 13.2. The van der Waals surface area contributed by atoms with Crippen molar-refractivity contribution in [3.05, 3.63) is 70.9 Å². The quantitative estimate of drug-likeness (QED) is 0.251. The second-order valence-electron chi connectivity index (χ2n) is 7.99. The largest absolute Gasteiger partial charge is 0.507 e. The second-order valence-corrected chi connectivity index (χ2v) is 7.99. The first-order chi connectivity index (χ1) is 17.7. The van der Waals surface area contributed by atoms with Crippen LogP contribution < -0.4 is 19.6 Å². The van der Waals surface area contributed by atoms with Gasteiger partial charge < -0.3 is 39.1 Å². The number of hydrogen-bond donors (Lipinski definition) is 4. The molecule has 37 heavy (non-hydrogen) atoms. The van der Waals surface area contributed by atoms with E-state index in [2.05, 4.69) is 13.2 Å². The number of carboxylic acids is 1. The maximum Gasteiger partial charge on any atom is 0.341 e. The molecule has 10 heteroatoms. The van der Waals surface area contributed by atoms with E-state index in [9.17, 15) is 19.8 Å². The van der Waals surface area contributed by atoms with E-state index in [1.54, 1.807) is 18.2 Å². The van der Waals surface area contributed by atoms with Gasteiger partial charge in [0, 0.05) is 28.8 Å². The number of allylic oxidation sites excluding steroid dienone is 2. The fraction of sp³-hybridized carbons (Fsp3) is 0.259. The molecule has 196 valence electrons. The number of aromatic hydroxyl groups is 1. The predicted molar refractivity (Wildman–Crippen MR) is 136 cm³/mol. The van der Waals surface area contributed by atoms with E-state index < -0.39 is 30.7 Å². The number of ether oxygens (including phenoxy) is 3. The van der Waals surface area contributed by atoms with E-state index >= 15 is 0 Å². The summed E-state index contributed by atoms with van der Waals surface area (Å²) < 4.78 is 22.5. The molecule has 0 saturated carbocycles. The van der Waals surface area contributed by atoms with Crippen molar-refractivity contribution in [2.24, 2.45) is 0 Å². The highest BCUT2D eigenvalue weighted by molar-refractivity contribution is 5.88. The Morgan fingerprint density at radius 2 is 1.81 bits per heavy atom. The molecule has 3 aromatic rings. The molecule has 0 radical (unpaired) electrons. The van der Waals surface area contributed by atoms with E-state index in [0.717, 1.165) is 0 Å². The Morgan fingerprint density at radius 3 is 2.43 bits per heavy atom. The number of phenols is 1. The number of carboxylic acid groups (broad SMARTS) is 1. The summed E-state index contributed by atoms with van der Waals surface area (Å²) in [6.45, 7) is 5.99. The number of aliphatic hydroxyl groups is 2. The van der Waals surface area contributed by atoms with Crippen molar-refractivity contribution in [3.8, 4) is 34.3 Å². The highest BCUT2D eigenvalue weighted by Crippen LogP contribution is 2.41. The molecule has 0 bridgehead atoms.